The molecule has 208 valence electrons. The number of carbonyl (C=O) groups is 2. The van der Waals surface area contributed by atoms with Crippen LogP contribution in [0.2, 0.25) is 0 Å². The Hall–Kier alpha value is -3.12. The number of hydrogen-bond acceptors (Lipinski definition) is 6. The van der Waals surface area contributed by atoms with E-state index in [1.54, 1.807) is 17.0 Å². The molecular weight excluding hydrogens is 539 g/mol. The van der Waals surface area contributed by atoms with Gasteiger partial charge in [0.25, 0.3) is 0 Å². The van der Waals surface area contributed by atoms with Crippen molar-refractivity contribution in [2.24, 2.45) is 0 Å². The molecule has 1 aromatic heterocycles. The van der Waals surface area contributed by atoms with Crippen LogP contribution in [-0.2, 0) is 32.7 Å². The third-order valence-electron chi connectivity index (χ3n) is 6.55. The SMILES string of the molecule is CC(=O)Nc1ccc(S(=O)(=O)N(CCN2CCCC2)CC(=O)N(Cc2ccc(F)cc2)Cc2cccs2)cc1. The second-order valence-electron chi connectivity index (χ2n) is 9.55. The van der Waals surface area contributed by atoms with Crippen molar-refractivity contribution in [2.45, 2.75) is 37.8 Å². The minimum absolute atomic E-state index is 0.0502. The highest BCUT2D eigenvalue weighted by molar-refractivity contribution is 7.89. The Bertz CT molecular complexity index is 1340. The molecule has 1 saturated heterocycles. The van der Waals surface area contributed by atoms with Gasteiger partial charge in [0.15, 0.2) is 0 Å². The van der Waals surface area contributed by atoms with E-state index in [9.17, 15) is 22.4 Å². The normalized spacial score (nSPS) is 14.0. The van der Waals surface area contributed by atoms with Crippen LogP contribution in [0.1, 0.15) is 30.2 Å². The zero-order valence-corrected chi connectivity index (χ0v) is 23.5. The Morgan fingerprint density at radius 3 is 2.31 bits per heavy atom. The lowest BCUT2D eigenvalue weighted by Crippen LogP contribution is -2.45. The number of halogens is 1. The maximum absolute atomic E-state index is 13.8. The number of hydrogen-bond donors (Lipinski definition) is 1. The molecular formula is C28H33FN4O4S2. The number of benzene rings is 2. The molecule has 11 heteroatoms. The van der Waals surface area contributed by atoms with Gasteiger partial charge in [0, 0.05) is 37.1 Å². The number of likely N-dealkylation sites (tertiary alicyclic amines) is 1. The van der Waals surface area contributed by atoms with Crippen LogP contribution in [-0.4, -0.2) is 67.1 Å². The van der Waals surface area contributed by atoms with Crippen molar-refractivity contribution in [3.63, 3.8) is 0 Å². The van der Waals surface area contributed by atoms with E-state index in [0.717, 1.165) is 36.4 Å². The summed E-state index contributed by atoms with van der Waals surface area (Å²) in [5.41, 5.74) is 1.24. The fourth-order valence-corrected chi connectivity index (χ4v) is 6.59. The summed E-state index contributed by atoms with van der Waals surface area (Å²) in [4.78, 5) is 29.9. The van der Waals surface area contributed by atoms with E-state index < -0.39 is 10.0 Å². The van der Waals surface area contributed by atoms with Crippen LogP contribution >= 0.6 is 11.3 Å². The first-order valence-electron chi connectivity index (χ1n) is 12.9. The van der Waals surface area contributed by atoms with Crippen LogP contribution in [0.25, 0.3) is 0 Å². The van der Waals surface area contributed by atoms with Crippen LogP contribution in [0.15, 0.2) is 70.9 Å². The molecule has 2 heterocycles. The first-order valence-corrected chi connectivity index (χ1v) is 15.2. The van der Waals surface area contributed by atoms with Crippen molar-refractivity contribution in [3.05, 3.63) is 82.3 Å². The number of nitrogens with one attached hydrogen (secondary N) is 1. The van der Waals surface area contributed by atoms with E-state index in [4.69, 9.17) is 0 Å². The van der Waals surface area contributed by atoms with Gasteiger partial charge in [-0.15, -0.1) is 11.3 Å². The summed E-state index contributed by atoms with van der Waals surface area (Å²) < 4.78 is 42.2. The van der Waals surface area contributed by atoms with E-state index in [2.05, 4.69) is 10.2 Å². The lowest BCUT2D eigenvalue weighted by Gasteiger charge is -2.28. The zero-order chi connectivity index (χ0) is 27.8. The number of rotatable bonds is 12. The van der Waals surface area contributed by atoms with Crippen molar-refractivity contribution >= 4 is 38.9 Å². The van der Waals surface area contributed by atoms with Gasteiger partial charge < -0.3 is 15.1 Å². The minimum Gasteiger partial charge on any atom is -0.332 e. The third kappa shape index (κ3) is 8.18. The molecule has 0 unspecified atom stereocenters. The molecule has 0 saturated carbocycles. The molecule has 39 heavy (non-hydrogen) atoms. The van der Waals surface area contributed by atoms with E-state index in [1.165, 1.54) is 59.0 Å². The van der Waals surface area contributed by atoms with Gasteiger partial charge in [-0.1, -0.05) is 18.2 Å². The standard InChI is InChI=1S/C28H33FN4O4S2/c1-22(34)30-25-10-12-27(13-11-25)39(36,37)33(17-16-31-14-2-3-15-31)21-28(35)32(20-26-5-4-18-38-26)19-23-6-8-24(29)9-7-23/h4-13,18H,2-3,14-17,19-21H2,1H3,(H,30,34). The van der Waals surface area contributed by atoms with Gasteiger partial charge >= 0.3 is 0 Å². The number of sulfonamides is 1. The molecule has 1 fully saturated rings. The summed E-state index contributed by atoms with van der Waals surface area (Å²) in [6, 6.07) is 15.7. The molecule has 2 aromatic carbocycles. The Balaban J connectivity index is 1.57. The Labute approximate surface area is 233 Å². The fraction of sp³-hybridized carbons (Fsp3) is 0.357. The summed E-state index contributed by atoms with van der Waals surface area (Å²) in [7, 11) is -4.01. The molecule has 1 aliphatic rings. The average Bonchev–Trinajstić information content (AvgIpc) is 3.62. The molecule has 1 aliphatic heterocycles. The quantitative estimate of drug-likeness (QED) is 0.352. The van der Waals surface area contributed by atoms with E-state index >= 15 is 0 Å². The molecule has 0 bridgehead atoms. The van der Waals surface area contributed by atoms with Gasteiger partial charge in [0.05, 0.1) is 18.0 Å². The van der Waals surface area contributed by atoms with Gasteiger partial charge in [0.1, 0.15) is 5.82 Å². The number of nitrogens with zero attached hydrogens (tertiary/aromatic N) is 3. The highest BCUT2D eigenvalue weighted by Crippen LogP contribution is 2.21. The second-order valence-corrected chi connectivity index (χ2v) is 12.5. The van der Waals surface area contributed by atoms with Crippen LogP contribution in [0.5, 0.6) is 0 Å². The number of amides is 2. The summed E-state index contributed by atoms with van der Waals surface area (Å²) in [5.74, 6) is -0.957. The lowest BCUT2D eigenvalue weighted by atomic mass is 10.2. The maximum atomic E-state index is 13.8. The van der Waals surface area contributed by atoms with E-state index in [-0.39, 0.29) is 42.2 Å². The van der Waals surface area contributed by atoms with Gasteiger partial charge in [0.2, 0.25) is 21.8 Å². The van der Waals surface area contributed by atoms with E-state index in [0.29, 0.717) is 18.8 Å². The lowest BCUT2D eigenvalue weighted by molar-refractivity contribution is -0.132. The number of thiophene rings is 1. The number of anilines is 1. The summed E-state index contributed by atoms with van der Waals surface area (Å²) >= 11 is 1.51. The highest BCUT2D eigenvalue weighted by atomic mass is 32.2. The minimum atomic E-state index is -4.01. The molecule has 0 atom stereocenters. The van der Waals surface area contributed by atoms with E-state index in [1.807, 2.05) is 17.5 Å². The van der Waals surface area contributed by atoms with Gasteiger partial charge in [-0.2, -0.15) is 4.31 Å². The average molecular weight is 573 g/mol. The van der Waals surface area contributed by atoms with Crippen LogP contribution in [0.3, 0.4) is 0 Å². The van der Waals surface area contributed by atoms with Crippen molar-refractivity contribution in [2.75, 3.05) is 38.0 Å². The molecule has 8 nitrogen and oxygen atoms in total. The fourth-order valence-electron chi connectivity index (χ4n) is 4.49. The molecule has 4 rings (SSSR count). The first-order chi connectivity index (χ1) is 18.7. The Morgan fingerprint density at radius 1 is 1.00 bits per heavy atom. The first kappa shape index (κ1) is 28.9. The maximum Gasteiger partial charge on any atom is 0.243 e. The van der Waals surface area contributed by atoms with Crippen LogP contribution in [0.4, 0.5) is 10.1 Å². The molecule has 2 amide bonds. The second kappa shape index (κ2) is 13.3. The van der Waals surface area contributed by atoms with Crippen LogP contribution < -0.4 is 5.32 Å². The van der Waals surface area contributed by atoms with Gasteiger partial charge in [-0.25, -0.2) is 12.8 Å². The predicted octanol–water partition coefficient (Wildman–Crippen LogP) is 4.16. The molecule has 0 aliphatic carbocycles. The molecule has 0 radical (unpaired) electrons. The molecule has 1 N–H and O–H groups in total. The van der Waals surface area contributed by atoms with Crippen molar-refractivity contribution in [1.29, 1.82) is 0 Å². The largest absolute Gasteiger partial charge is 0.332 e. The Kier molecular flexibility index (Phi) is 9.84. The topological polar surface area (TPSA) is 90.0 Å². The van der Waals surface area contributed by atoms with Crippen molar-refractivity contribution in [3.8, 4) is 0 Å². The van der Waals surface area contributed by atoms with Gasteiger partial charge in [-0.05, 0) is 79.3 Å². The van der Waals surface area contributed by atoms with Crippen molar-refractivity contribution in [1.82, 2.24) is 14.1 Å². The predicted molar refractivity (Wildman–Crippen MR) is 150 cm³/mol. The smallest absolute Gasteiger partial charge is 0.243 e. The zero-order valence-electron chi connectivity index (χ0n) is 21.9. The molecule has 3 aromatic rings. The highest BCUT2D eigenvalue weighted by Gasteiger charge is 2.29. The summed E-state index contributed by atoms with van der Waals surface area (Å²) in [5, 5.41) is 4.56. The van der Waals surface area contributed by atoms with Crippen LogP contribution in [0, 0.1) is 5.82 Å². The monoisotopic (exact) mass is 572 g/mol. The summed E-state index contributed by atoms with van der Waals surface area (Å²) in [6.07, 6.45) is 2.14. The third-order valence-corrected chi connectivity index (χ3v) is 9.28. The number of carbonyl (C=O) groups excluding carboxylic acids is 2. The molecule has 0 spiro atoms. The Morgan fingerprint density at radius 2 is 1.69 bits per heavy atom. The summed E-state index contributed by atoms with van der Waals surface area (Å²) in [6.45, 7) is 4.11. The van der Waals surface area contributed by atoms with Gasteiger partial charge in [-0.3, -0.25) is 9.59 Å². The van der Waals surface area contributed by atoms with Crippen molar-refractivity contribution < 1.29 is 22.4 Å².